The Labute approximate surface area is 102 Å². The molecule has 1 aromatic heterocycles. The SMILES string of the molecule is CC(C)[C@H](N)C(=O)Nc1ccc(N(C)C)cn1. The molecule has 1 aromatic rings. The Morgan fingerprint density at radius 3 is 2.47 bits per heavy atom. The van der Waals surface area contributed by atoms with E-state index >= 15 is 0 Å². The van der Waals surface area contributed by atoms with Crippen LogP contribution in [0.5, 0.6) is 0 Å². The molecule has 1 heterocycles. The van der Waals surface area contributed by atoms with Gasteiger partial charge in [0.25, 0.3) is 0 Å². The third-order valence-electron chi connectivity index (χ3n) is 2.54. The van der Waals surface area contributed by atoms with Gasteiger partial charge in [-0.05, 0) is 18.1 Å². The molecule has 5 heteroatoms. The lowest BCUT2D eigenvalue weighted by Gasteiger charge is -2.16. The van der Waals surface area contributed by atoms with Crippen LogP contribution in [-0.2, 0) is 4.79 Å². The largest absolute Gasteiger partial charge is 0.376 e. The molecule has 0 saturated carbocycles. The van der Waals surface area contributed by atoms with E-state index in [2.05, 4.69) is 10.3 Å². The van der Waals surface area contributed by atoms with Crippen molar-refractivity contribution in [3.63, 3.8) is 0 Å². The van der Waals surface area contributed by atoms with Crippen LogP contribution in [0.3, 0.4) is 0 Å². The van der Waals surface area contributed by atoms with E-state index < -0.39 is 6.04 Å². The molecule has 3 N–H and O–H groups in total. The summed E-state index contributed by atoms with van der Waals surface area (Å²) in [6.45, 7) is 3.82. The molecular weight excluding hydrogens is 216 g/mol. The molecule has 5 nitrogen and oxygen atoms in total. The van der Waals surface area contributed by atoms with Crippen LogP contribution in [0.25, 0.3) is 0 Å². The minimum Gasteiger partial charge on any atom is -0.376 e. The van der Waals surface area contributed by atoms with Crippen molar-refractivity contribution in [2.75, 3.05) is 24.3 Å². The summed E-state index contributed by atoms with van der Waals surface area (Å²) in [6.07, 6.45) is 1.70. The zero-order chi connectivity index (χ0) is 13.0. The summed E-state index contributed by atoms with van der Waals surface area (Å²) in [7, 11) is 3.87. The van der Waals surface area contributed by atoms with Gasteiger partial charge in [0, 0.05) is 14.1 Å². The zero-order valence-electron chi connectivity index (χ0n) is 10.8. The van der Waals surface area contributed by atoms with Crippen molar-refractivity contribution < 1.29 is 4.79 Å². The molecule has 94 valence electrons. The quantitative estimate of drug-likeness (QED) is 0.820. The van der Waals surface area contributed by atoms with Crippen LogP contribution in [0.15, 0.2) is 18.3 Å². The van der Waals surface area contributed by atoms with Crippen molar-refractivity contribution in [1.29, 1.82) is 0 Å². The van der Waals surface area contributed by atoms with E-state index in [0.717, 1.165) is 5.69 Å². The van der Waals surface area contributed by atoms with Crippen LogP contribution in [0.2, 0.25) is 0 Å². The maximum absolute atomic E-state index is 11.7. The van der Waals surface area contributed by atoms with E-state index in [9.17, 15) is 4.79 Å². The van der Waals surface area contributed by atoms with Crippen molar-refractivity contribution in [2.45, 2.75) is 19.9 Å². The highest BCUT2D eigenvalue weighted by molar-refractivity contribution is 5.94. The molecule has 0 aliphatic carbocycles. The predicted octanol–water partition coefficient (Wildman–Crippen LogP) is 1.07. The minimum atomic E-state index is -0.509. The molecule has 0 bridgehead atoms. The Morgan fingerprint density at radius 2 is 2.06 bits per heavy atom. The lowest BCUT2D eigenvalue weighted by atomic mass is 10.1. The number of hydrogen-bond donors (Lipinski definition) is 2. The minimum absolute atomic E-state index is 0.107. The van der Waals surface area contributed by atoms with Crippen LogP contribution in [-0.4, -0.2) is 31.0 Å². The lowest BCUT2D eigenvalue weighted by molar-refractivity contribution is -0.118. The maximum Gasteiger partial charge on any atom is 0.242 e. The van der Waals surface area contributed by atoms with E-state index in [1.807, 2.05) is 38.9 Å². The van der Waals surface area contributed by atoms with Crippen molar-refractivity contribution in [1.82, 2.24) is 4.98 Å². The zero-order valence-corrected chi connectivity index (χ0v) is 10.8. The second-order valence-corrected chi connectivity index (χ2v) is 4.56. The van der Waals surface area contributed by atoms with Gasteiger partial charge in [-0.25, -0.2) is 4.98 Å². The van der Waals surface area contributed by atoms with Crippen LogP contribution in [0, 0.1) is 5.92 Å². The molecule has 0 aromatic carbocycles. The first-order valence-electron chi connectivity index (χ1n) is 5.61. The van der Waals surface area contributed by atoms with Gasteiger partial charge >= 0.3 is 0 Å². The van der Waals surface area contributed by atoms with Gasteiger partial charge in [0.15, 0.2) is 0 Å². The highest BCUT2D eigenvalue weighted by Crippen LogP contribution is 2.12. The summed E-state index contributed by atoms with van der Waals surface area (Å²) in [5, 5.41) is 2.70. The predicted molar refractivity (Wildman–Crippen MR) is 70.0 cm³/mol. The Balaban J connectivity index is 2.66. The average Bonchev–Trinajstić information content (AvgIpc) is 2.28. The van der Waals surface area contributed by atoms with Gasteiger partial charge in [-0.1, -0.05) is 13.8 Å². The first kappa shape index (κ1) is 13.4. The standard InChI is InChI=1S/C12H20N4O/c1-8(2)11(13)12(17)15-10-6-5-9(7-14-10)16(3)4/h5-8,11H,13H2,1-4H3,(H,14,15,17)/t11-/m0/s1. The number of nitrogens with zero attached hydrogens (tertiary/aromatic N) is 2. The normalized spacial score (nSPS) is 12.4. The fraction of sp³-hybridized carbons (Fsp3) is 0.500. The van der Waals surface area contributed by atoms with Crippen LogP contribution >= 0.6 is 0 Å². The average molecular weight is 236 g/mol. The number of aromatic nitrogens is 1. The number of carbonyl (C=O) groups is 1. The van der Waals surface area contributed by atoms with Gasteiger partial charge in [0.2, 0.25) is 5.91 Å². The van der Waals surface area contributed by atoms with Crippen molar-refractivity contribution in [2.24, 2.45) is 11.7 Å². The van der Waals surface area contributed by atoms with E-state index in [1.165, 1.54) is 0 Å². The fourth-order valence-corrected chi connectivity index (χ4v) is 1.24. The van der Waals surface area contributed by atoms with Crippen molar-refractivity contribution in [3.05, 3.63) is 18.3 Å². The van der Waals surface area contributed by atoms with Gasteiger partial charge in [-0.15, -0.1) is 0 Å². The maximum atomic E-state index is 11.7. The van der Waals surface area contributed by atoms with Gasteiger partial charge in [-0.3, -0.25) is 4.79 Å². The Hall–Kier alpha value is -1.62. The first-order valence-corrected chi connectivity index (χ1v) is 5.61. The van der Waals surface area contributed by atoms with Crippen LogP contribution in [0.4, 0.5) is 11.5 Å². The highest BCUT2D eigenvalue weighted by Gasteiger charge is 2.17. The number of amides is 1. The van der Waals surface area contributed by atoms with Crippen LogP contribution in [0.1, 0.15) is 13.8 Å². The van der Waals surface area contributed by atoms with E-state index in [-0.39, 0.29) is 11.8 Å². The molecule has 0 radical (unpaired) electrons. The number of nitrogens with two attached hydrogens (primary N) is 1. The van der Waals surface area contributed by atoms with Gasteiger partial charge in [0.1, 0.15) is 5.82 Å². The molecule has 1 amide bonds. The molecule has 0 aliphatic rings. The molecule has 17 heavy (non-hydrogen) atoms. The summed E-state index contributed by atoms with van der Waals surface area (Å²) < 4.78 is 0. The molecule has 0 fully saturated rings. The van der Waals surface area contributed by atoms with Gasteiger partial charge in [0.05, 0.1) is 17.9 Å². The third-order valence-corrected chi connectivity index (χ3v) is 2.54. The molecule has 0 saturated heterocycles. The molecule has 1 atom stereocenters. The number of anilines is 2. The number of hydrogen-bond acceptors (Lipinski definition) is 4. The summed E-state index contributed by atoms with van der Waals surface area (Å²) in [5.74, 6) is 0.429. The number of nitrogens with one attached hydrogen (secondary N) is 1. The number of carbonyl (C=O) groups excluding carboxylic acids is 1. The summed E-state index contributed by atoms with van der Waals surface area (Å²) in [6, 6.07) is 3.15. The second-order valence-electron chi connectivity index (χ2n) is 4.56. The Bertz CT molecular complexity index is 373. The number of rotatable bonds is 4. The first-order chi connectivity index (χ1) is 7.91. The van der Waals surface area contributed by atoms with Crippen molar-refractivity contribution in [3.8, 4) is 0 Å². The molecule has 0 spiro atoms. The lowest BCUT2D eigenvalue weighted by Crippen LogP contribution is -2.39. The highest BCUT2D eigenvalue weighted by atomic mass is 16.2. The summed E-state index contributed by atoms with van der Waals surface area (Å²) >= 11 is 0. The second kappa shape index (κ2) is 5.63. The number of pyridine rings is 1. The fourth-order valence-electron chi connectivity index (χ4n) is 1.24. The summed E-state index contributed by atoms with van der Waals surface area (Å²) in [5.41, 5.74) is 6.72. The molecule has 1 rings (SSSR count). The Kier molecular flexibility index (Phi) is 4.45. The third kappa shape index (κ3) is 3.71. The van der Waals surface area contributed by atoms with E-state index in [1.54, 1.807) is 12.3 Å². The molecular formula is C12H20N4O. The van der Waals surface area contributed by atoms with Gasteiger partial charge < -0.3 is 16.0 Å². The molecule has 0 aliphatic heterocycles. The van der Waals surface area contributed by atoms with E-state index in [4.69, 9.17) is 5.73 Å². The smallest absolute Gasteiger partial charge is 0.242 e. The monoisotopic (exact) mass is 236 g/mol. The topological polar surface area (TPSA) is 71.2 Å². The summed E-state index contributed by atoms with van der Waals surface area (Å²) in [4.78, 5) is 17.8. The molecule has 0 unspecified atom stereocenters. The van der Waals surface area contributed by atoms with Gasteiger partial charge in [-0.2, -0.15) is 0 Å². The van der Waals surface area contributed by atoms with E-state index in [0.29, 0.717) is 5.82 Å². The van der Waals surface area contributed by atoms with Crippen molar-refractivity contribution >= 4 is 17.4 Å². The van der Waals surface area contributed by atoms with Crippen LogP contribution < -0.4 is 16.0 Å². The Morgan fingerprint density at radius 1 is 1.41 bits per heavy atom.